The van der Waals surface area contributed by atoms with Gasteiger partial charge in [0.25, 0.3) is 0 Å². The molecule has 1 fully saturated rings. The molecule has 1 N–H and O–H groups in total. The van der Waals surface area contributed by atoms with Crippen LogP contribution in [0.1, 0.15) is 12.8 Å². The smallest absolute Gasteiger partial charge is 0.244 e. The Hall–Kier alpha value is -1.99. The lowest BCUT2D eigenvalue weighted by molar-refractivity contribution is 0.329. The first kappa shape index (κ1) is 15.9. The number of rotatable bonds is 4. The van der Waals surface area contributed by atoms with Gasteiger partial charge in [-0.1, -0.05) is 12.1 Å². The van der Waals surface area contributed by atoms with Gasteiger partial charge in [-0.3, -0.25) is 4.98 Å². The van der Waals surface area contributed by atoms with Crippen molar-refractivity contribution in [1.29, 1.82) is 0 Å². The summed E-state index contributed by atoms with van der Waals surface area (Å²) in [5, 5.41) is 3.15. The van der Waals surface area contributed by atoms with Crippen LogP contribution in [-0.4, -0.2) is 36.8 Å². The van der Waals surface area contributed by atoms with Gasteiger partial charge in [-0.05, 0) is 37.1 Å². The predicted octanol–water partition coefficient (Wildman–Crippen LogP) is 2.49. The molecule has 0 amide bonds. The molecule has 23 heavy (non-hydrogen) atoms. The minimum atomic E-state index is -3.50. The van der Waals surface area contributed by atoms with Crippen LogP contribution in [0.25, 0.3) is 0 Å². The van der Waals surface area contributed by atoms with Gasteiger partial charge in [-0.25, -0.2) is 12.8 Å². The second-order valence-electron chi connectivity index (χ2n) is 5.49. The van der Waals surface area contributed by atoms with Crippen LogP contribution in [-0.2, 0) is 10.0 Å². The van der Waals surface area contributed by atoms with Gasteiger partial charge < -0.3 is 5.32 Å². The summed E-state index contributed by atoms with van der Waals surface area (Å²) in [6.45, 7) is 0.812. The molecule has 1 aliphatic heterocycles. The van der Waals surface area contributed by atoms with Crippen molar-refractivity contribution < 1.29 is 12.8 Å². The maximum atomic E-state index is 13.7. The Balaban J connectivity index is 1.64. The summed E-state index contributed by atoms with van der Waals surface area (Å²) in [5.74, 6) is -0.294. The van der Waals surface area contributed by atoms with E-state index in [4.69, 9.17) is 0 Å². The molecule has 0 saturated carbocycles. The van der Waals surface area contributed by atoms with E-state index in [0.29, 0.717) is 31.6 Å². The van der Waals surface area contributed by atoms with Gasteiger partial charge in [-0.15, -0.1) is 0 Å². The van der Waals surface area contributed by atoms with Gasteiger partial charge in [0.2, 0.25) is 10.0 Å². The lowest BCUT2D eigenvalue weighted by Crippen LogP contribution is -2.42. The first-order valence-electron chi connectivity index (χ1n) is 7.48. The highest BCUT2D eigenvalue weighted by molar-refractivity contribution is 7.89. The first-order valence-corrected chi connectivity index (χ1v) is 8.92. The second-order valence-corrected chi connectivity index (χ2v) is 7.43. The number of nitrogens with one attached hydrogen (secondary N) is 1. The molecule has 0 atom stereocenters. The van der Waals surface area contributed by atoms with E-state index < -0.39 is 10.0 Å². The highest BCUT2D eigenvalue weighted by Crippen LogP contribution is 2.23. The summed E-state index contributed by atoms with van der Waals surface area (Å²) in [5.41, 5.74) is 0.459. The van der Waals surface area contributed by atoms with Crippen molar-refractivity contribution in [3.63, 3.8) is 0 Å². The summed E-state index contributed by atoms with van der Waals surface area (Å²) in [4.78, 5) is 4.08. The Morgan fingerprint density at radius 2 is 1.87 bits per heavy atom. The number of pyridine rings is 1. The minimum absolute atomic E-state index is 0.0623. The van der Waals surface area contributed by atoms with Crippen LogP contribution in [0, 0.1) is 5.82 Å². The molecule has 2 heterocycles. The topological polar surface area (TPSA) is 62.3 Å². The van der Waals surface area contributed by atoms with Gasteiger partial charge in [0.1, 0.15) is 10.7 Å². The zero-order valence-corrected chi connectivity index (χ0v) is 13.3. The predicted molar refractivity (Wildman–Crippen MR) is 86.0 cm³/mol. The number of benzene rings is 1. The molecule has 0 unspecified atom stereocenters. The van der Waals surface area contributed by atoms with Crippen LogP contribution < -0.4 is 5.32 Å². The zero-order chi connectivity index (χ0) is 16.3. The third kappa shape index (κ3) is 3.51. The lowest BCUT2D eigenvalue weighted by Gasteiger charge is -2.32. The van der Waals surface area contributed by atoms with E-state index in [9.17, 15) is 12.8 Å². The van der Waals surface area contributed by atoms with Crippen molar-refractivity contribution in [2.45, 2.75) is 23.8 Å². The highest BCUT2D eigenvalue weighted by atomic mass is 32.2. The monoisotopic (exact) mass is 335 g/mol. The zero-order valence-electron chi connectivity index (χ0n) is 12.5. The number of hydrogen-bond donors (Lipinski definition) is 1. The number of para-hydroxylation sites is 1. The third-order valence-corrected chi connectivity index (χ3v) is 5.84. The molecular formula is C16H18FN3O2S. The van der Waals surface area contributed by atoms with Crippen molar-refractivity contribution in [2.24, 2.45) is 0 Å². The summed E-state index contributed by atoms with van der Waals surface area (Å²) in [7, 11) is -3.50. The number of piperidine rings is 1. The molecule has 0 radical (unpaired) electrons. The molecule has 7 heteroatoms. The van der Waals surface area contributed by atoms with Crippen molar-refractivity contribution in [1.82, 2.24) is 9.29 Å². The Morgan fingerprint density at radius 3 is 2.52 bits per heavy atom. The van der Waals surface area contributed by atoms with Gasteiger partial charge in [-0.2, -0.15) is 4.31 Å². The average molecular weight is 335 g/mol. The van der Waals surface area contributed by atoms with Crippen LogP contribution in [0.4, 0.5) is 10.1 Å². The maximum Gasteiger partial charge on any atom is 0.244 e. The molecule has 2 aromatic rings. The van der Waals surface area contributed by atoms with Crippen LogP contribution in [0.15, 0.2) is 53.7 Å². The number of halogens is 1. The molecule has 0 spiro atoms. The van der Waals surface area contributed by atoms with Crippen molar-refractivity contribution >= 4 is 15.7 Å². The van der Waals surface area contributed by atoms with E-state index >= 15 is 0 Å². The second kappa shape index (κ2) is 6.64. The fourth-order valence-corrected chi connectivity index (χ4v) is 4.12. The van der Waals surface area contributed by atoms with Gasteiger partial charge in [0.05, 0.1) is 5.69 Å². The number of hydrogen-bond acceptors (Lipinski definition) is 4. The molecule has 1 aromatic heterocycles. The third-order valence-electron chi connectivity index (χ3n) is 3.96. The Bertz CT molecular complexity index is 760. The van der Waals surface area contributed by atoms with E-state index in [1.165, 1.54) is 16.6 Å². The fraction of sp³-hybridized carbons (Fsp3) is 0.312. The summed E-state index contributed by atoms with van der Waals surface area (Å²) in [6, 6.07) is 9.73. The maximum absolute atomic E-state index is 13.7. The normalized spacial score (nSPS) is 17.1. The van der Waals surface area contributed by atoms with Crippen LogP contribution >= 0.6 is 0 Å². The van der Waals surface area contributed by atoms with Gasteiger partial charge in [0.15, 0.2) is 0 Å². The Kier molecular flexibility index (Phi) is 4.58. The Morgan fingerprint density at radius 1 is 1.13 bits per heavy atom. The molecule has 0 aliphatic carbocycles. The molecule has 5 nitrogen and oxygen atoms in total. The van der Waals surface area contributed by atoms with E-state index in [-0.39, 0.29) is 16.8 Å². The average Bonchev–Trinajstić information content (AvgIpc) is 2.58. The SMILES string of the molecule is O=S(=O)(c1cccnc1)N1CCC(Nc2ccccc2F)CC1. The summed E-state index contributed by atoms with van der Waals surface area (Å²) >= 11 is 0. The molecule has 3 rings (SSSR count). The number of anilines is 1. The standard InChI is InChI=1S/C16H18FN3O2S/c17-15-5-1-2-6-16(15)19-13-7-10-20(11-8-13)23(21,22)14-4-3-9-18-12-14/h1-6,9,12-13,19H,7-8,10-11H2. The van der Waals surface area contributed by atoms with E-state index in [1.54, 1.807) is 36.5 Å². The molecule has 122 valence electrons. The fourth-order valence-electron chi connectivity index (χ4n) is 2.69. The lowest BCUT2D eigenvalue weighted by atomic mass is 10.1. The quantitative estimate of drug-likeness (QED) is 0.932. The molecule has 1 aliphatic rings. The number of nitrogens with zero attached hydrogens (tertiary/aromatic N) is 2. The van der Waals surface area contributed by atoms with Crippen molar-refractivity contribution in [3.05, 3.63) is 54.6 Å². The van der Waals surface area contributed by atoms with Crippen molar-refractivity contribution in [3.8, 4) is 0 Å². The van der Waals surface area contributed by atoms with Crippen LogP contribution in [0.5, 0.6) is 0 Å². The summed E-state index contributed by atoms with van der Waals surface area (Å²) in [6.07, 6.45) is 4.17. The summed E-state index contributed by atoms with van der Waals surface area (Å²) < 4.78 is 40.1. The molecule has 1 saturated heterocycles. The van der Waals surface area contributed by atoms with E-state index in [0.717, 1.165) is 0 Å². The molecule has 1 aromatic carbocycles. The van der Waals surface area contributed by atoms with Crippen LogP contribution in [0.3, 0.4) is 0 Å². The molecule has 0 bridgehead atoms. The number of sulfonamides is 1. The van der Waals surface area contributed by atoms with Gasteiger partial charge in [0, 0.05) is 31.5 Å². The van der Waals surface area contributed by atoms with Crippen LogP contribution in [0.2, 0.25) is 0 Å². The van der Waals surface area contributed by atoms with Gasteiger partial charge >= 0.3 is 0 Å². The van der Waals surface area contributed by atoms with E-state index in [1.807, 2.05) is 0 Å². The number of aromatic nitrogens is 1. The van der Waals surface area contributed by atoms with E-state index in [2.05, 4.69) is 10.3 Å². The first-order chi connectivity index (χ1) is 11.1. The molecular weight excluding hydrogens is 317 g/mol. The minimum Gasteiger partial charge on any atom is -0.380 e. The largest absolute Gasteiger partial charge is 0.380 e. The highest BCUT2D eigenvalue weighted by Gasteiger charge is 2.29. The van der Waals surface area contributed by atoms with Crippen molar-refractivity contribution in [2.75, 3.05) is 18.4 Å². The Labute approximate surface area is 135 Å².